The first-order chi connectivity index (χ1) is 12.2. The van der Waals surface area contributed by atoms with Gasteiger partial charge in [-0.2, -0.15) is 0 Å². The van der Waals surface area contributed by atoms with Crippen LogP contribution in [0.3, 0.4) is 0 Å². The van der Waals surface area contributed by atoms with E-state index in [1.54, 1.807) is 6.07 Å². The standard InChI is InChI=1S/C19H17N3O3/c23-18(21-10-14-9-13-5-1-4-8-17(13)25-14)12-22-16-7-3-2-6-15(16)20-11-19(22)24/h1-8,11,14H,9-10,12H2,(H,21,23)/t14-/m0/s1. The van der Waals surface area contributed by atoms with E-state index in [-0.39, 0.29) is 24.1 Å². The van der Waals surface area contributed by atoms with E-state index in [1.165, 1.54) is 10.8 Å². The quantitative estimate of drug-likeness (QED) is 0.784. The molecule has 2 heterocycles. The summed E-state index contributed by atoms with van der Waals surface area (Å²) in [5, 5.41) is 2.86. The zero-order chi connectivity index (χ0) is 17.2. The monoisotopic (exact) mass is 335 g/mol. The second kappa shape index (κ2) is 6.39. The summed E-state index contributed by atoms with van der Waals surface area (Å²) in [5.74, 6) is 0.649. The fraction of sp³-hybridized carbons (Fsp3) is 0.211. The molecule has 0 fully saturated rings. The Labute approximate surface area is 144 Å². The first kappa shape index (κ1) is 15.4. The fourth-order valence-electron chi connectivity index (χ4n) is 3.07. The Kier molecular flexibility index (Phi) is 3.93. The predicted octanol–water partition coefficient (Wildman–Crippen LogP) is 1.52. The summed E-state index contributed by atoms with van der Waals surface area (Å²) in [4.78, 5) is 28.5. The van der Waals surface area contributed by atoms with Gasteiger partial charge in [-0.3, -0.25) is 14.2 Å². The number of carbonyl (C=O) groups is 1. The van der Waals surface area contributed by atoms with Crippen LogP contribution in [0.4, 0.5) is 0 Å². The summed E-state index contributed by atoms with van der Waals surface area (Å²) in [6.07, 6.45) is 1.94. The van der Waals surface area contributed by atoms with Gasteiger partial charge in [0.25, 0.3) is 5.56 Å². The molecule has 4 rings (SSSR count). The average Bonchev–Trinajstić information content (AvgIpc) is 3.05. The number of rotatable bonds is 4. The summed E-state index contributed by atoms with van der Waals surface area (Å²) in [6.45, 7) is 0.368. The largest absolute Gasteiger partial charge is 0.488 e. The van der Waals surface area contributed by atoms with E-state index in [4.69, 9.17) is 4.74 Å². The van der Waals surface area contributed by atoms with Gasteiger partial charge in [-0.15, -0.1) is 0 Å². The van der Waals surface area contributed by atoms with Gasteiger partial charge >= 0.3 is 0 Å². The fourth-order valence-corrected chi connectivity index (χ4v) is 3.07. The van der Waals surface area contributed by atoms with Gasteiger partial charge < -0.3 is 10.1 Å². The molecule has 0 aliphatic carbocycles. The van der Waals surface area contributed by atoms with Crippen LogP contribution >= 0.6 is 0 Å². The molecule has 0 unspecified atom stereocenters. The van der Waals surface area contributed by atoms with Gasteiger partial charge in [0.05, 0.1) is 23.8 Å². The lowest BCUT2D eigenvalue weighted by Gasteiger charge is -2.13. The molecule has 0 spiro atoms. The Bertz CT molecular complexity index is 971. The van der Waals surface area contributed by atoms with E-state index in [0.29, 0.717) is 17.6 Å². The van der Waals surface area contributed by atoms with Crippen molar-refractivity contribution < 1.29 is 9.53 Å². The predicted molar refractivity (Wildman–Crippen MR) is 93.6 cm³/mol. The highest BCUT2D eigenvalue weighted by molar-refractivity contribution is 5.79. The Morgan fingerprint density at radius 2 is 2.00 bits per heavy atom. The number of aromatic nitrogens is 2. The van der Waals surface area contributed by atoms with E-state index in [2.05, 4.69) is 10.3 Å². The van der Waals surface area contributed by atoms with Crippen molar-refractivity contribution in [1.29, 1.82) is 0 Å². The molecule has 25 heavy (non-hydrogen) atoms. The van der Waals surface area contributed by atoms with Crippen molar-refractivity contribution in [3.05, 3.63) is 70.6 Å². The topological polar surface area (TPSA) is 73.2 Å². The lowest BCUT2D eigenvalue weighted by molar-refractivity contribution is -0.122. The van der Waals surface area contributed by atoms with Crippen molar-refractivity contribution in [3.8, 4) is 5.75 Å². The normalized spacial score (nSPS) is 15.6. The number of hydrogen-bond acceptors (Lipinski definition) is 4. The average molecular weight is 335 g/mol. The van der Waals surface area contributed by atoms with E-state index in [9.17, 15) is 9.59 Å². The van der Waals surface area contributed by atoms with E-state index >= 15 is 0 Å². The molecule has 1 aliphatic heterocycles. The molecule has 0 saturated carbocycles. The molecule has 0 saturated heterocycles. The van der Waals surface area contributed by atoms with Gasteiger partial charge in [0.1, 0.15) is 18.4 Å². The molecule has 6 nitrogen and oxygen atoms in total. The molecule has 1 atom stereocenters. The highest BCUT2D eigenvalue weighted by Crippen LogP contribution is 2.27. The molecular weight excluding hydrogens is 318 g/mol. The molecule has 1 aromatic heterocycles. The lowest BCUT2D eigenvalue weighted by Crippen LogP contribution is -2.38. The van der Waals surface area contributed by atoms with Crippen molar-refractivity contribution in [3.63, 3.8) is 0 Å². The Morgan fingerprint density at radius 3 is 2.88 bits per heavy atom. The van der Waals surface area contributed by atoms with Crippen molar-refractivity contribution in [2.24, 2.45) is 0 Å². The van der Waals surface area contributed by atoms with Gasteiger partial charge in [-0.25, -0.2) is 4.98 Å². The van der Waals surface area contributed by atoms with Crippen LogP contribution in [0.5, 0.6) is 5.75 Å². The Morgan fingerprint density at radius 1 is 1.20 bits per heavy atom. The van der Waals surface area contributed by atoms with Crippen molar-refractivity contribution >= 4 is 16.9 Å². The van der Waals surface area contributed by atoms with Crippen LogP contribution in [-0.4, -0.2) is 28.1 Å². The lowest BCUT2D eigenvalue weighted by atomic mass is 10.1. The smallest absolute Gasteiger partial charge is 0.269 e. The number of nitrogens with zero attached hydrogens (tertiary/aromatic N) is 2. The maximum atomic E-state index is 12.3. The third kappa shape index (κ3) is 3.10. The number of hydrogen-bond donors (Lipinski definition) is 1. The molecule has 1 N–H and O–H groups in total. The Balaban J connectivity index is 1.42. The summed E-state index contributed by atoms with van der Waals surface area (Å²) in [5.41, 5.74) is 2.19. The summed E-state index contributed by atoms with van der Waals surface area (Å²) >= 11 is 0. The van der Waals surface area contributed by atoms with Gasteiger partial charge in [0, 0.05) is 6.42 Å². The zero-order valence-corrected chi connectivity index (χ0v) is 13.5. The first-order valence-corrected chi connectivity index (χ1v) is 8.16. The SMILES string of the molecule is O=C(Cn1c(=O)cnc2ccccc21)NC[C@@H]1Cc2ccccc2O1. The van der Waals surface area contributed by atoms with Crippen LogP contribution in [0.25, 0.3) is 11.0 Å². The highest BCUT2D eigenvalue weighted by atomic mass is 16.5. The van der Waals surface area contributed by atoms with Crippen LogP contribution in [0, 0.1) is 0 Å². The third-order valence-corrected chi connectivity index (χ3v) is 4.30. The first-order valence-electron chi connectivity index (χ1n) is 8.16. The number of amides is 1. The molecule has 1 aliphatic rings. The van der Waals surface area contributed by atoms with Crippen LogP contribution in [-0.2, 0) is 17.8 Å². The summed E-state index contributed by atoms with van der Waals surface area (Å²) < 4.78 is 7.24. The summed E-state index contributed by atoms with van der Waals surface area (Å²) in [7, 11) is 0. The summed E-state index contributed by atoms with van der Waals surface area (Å²) in [6, 6.07) is 15.1. The maximum Gasteiger partial charge on any atom is 0.269 e. The molecular formula is C19H17N3O3. The van der Waals surface area contributed by atoms with Crippen molar-refractivity contribution in [2.45, 2.75) is 19.1 Å². The minimum atomic E-state index is -0.293. The molecule has 0 radical (unpaired) electrons. The number of para-hydroxylation sites is 3. The molecule has 6 heteroatoms. The zero-order valence-electron chi connectivity index (χ0n) is 13.5. The van der Waals surface area contributed by atoms with Gasteiger partial charge in [-0.1, -0.05) is 30.3 Å². The molecule has 0 bridgehead atoms. The van der Waals surface area contributed by atoms with Crippen molar-refractivity contribution in [1.82, 2.24) is 14.9 Å². The van der Waals surface area contributed by atoms with Gasteiger partial charge in [0.2, 0.25) is 5.91 Å². The van der Waals surface area contributed by atoms with Crippen molar-refractivity contribution in [2.75, 3.05) is 6.54 Å². The molecule has 3 aromatic rings. The molecule has 2 aromatic carbocycles. The number of nitrogens with one attached hydrogen (secondary N) is 1. The number of benzene rings is 2. The number of fused-ring (bicyclic) bond motifs is 2. The van der Waals surface area contributed by atoms with E-state index in [1.807, 2.05) is 42.5 Å². The van der Waals surface area contributed by atoms with Gasteiger partial charge in [-0.05, 0) is 23.8 Å². The van der Waals surface area contributed by atoms with E-state index in [0.717, 1.165) is 17.7 Å². The number of ether oxygens (including phenoxy) is 1. The van der Waals surface area contributed by atoms with Crippen LogP contribution in [0.15, 0.2) is 59.5 Å². The van der Waals surface area contributed by atoms with Gasteiger partial charge in [0.15, 0.2) is 0 Å². The molecule has 1 amide bonds. The second-order valence-electron chi connectivity index (χ2n) is 6.03. The molecule has 126 valence electrons. The highest BCUT2D eigenvalue weighted by Gasteiger charge is 2.22. The van der Waals surface area contributed by atoms with Crippen LogP contribution in [0.1, 0.15) is 5.56 Å². The third-order valence-electron chi connectivity index (χ3n) is 4.30. The minimum Gasteiger partial charge on any atom is -0.488 e. The van der Waals surface area contributed by atoms with E-state index < -0.39 is 0 Å². The van der Waals surface area contributed by atoms with Crippen LogP contribution in [0.2, 0.25) is 0 Å². The van der Waals surface area contributed by atoms with Crippen LogP contribution < -0.4 is 15.6 Å². The second-order valence-corrected chi connectivity index (χ2v) is 6.03. The number of carbonyl (C=O) groups excluding carboxylic acids is 1. The Hall–Kier alpha value is -3.15. The maximum absolute atomic E-state index is 12.3. The minimum absolute atomic E-state index is 0.0401.